The normalized spacial score (nSPS) is 20.7. The molecule has 0 bridgehead atoms. The molecule has 5 heteroatoms. The predicted molar refractivity (Wildman–Crippen MR) is 108 cm³/mol. The quantitative estimate of drug-likeness (QED) is 0.405. The lowest BCUT2D eigenvalue weighted by Gasteiger charge is -2.52. The number of hydrogen-bond acceptors (Lipinski definition) is 2. The summed E-state index contributed by atoms with van der Waals surface area (Å²) in [4.78, 5) is 25.5. The number of amides is 1. The smallest absolute Gasteiger partial charge is 0.407 e. The first kappa shape index (κ1) is 21.1. The molecule has 1 heterocycles. The van der Waals surface area contributed by atoms with Crippen molar-refractivity contribution in [2.45, 2.75) is 47.1 Å². The van der Waals surface area contributed by atoms with E-state index in [9.17, 15) is 14.7 Å². The van der Waals surface area contributed by atoms with Gasteiger partial charge in [-0.1, -0.05) is 69.8 Å². The van der Waals surface area contributed by atoms with Crippen molar-refractivity contribution in [2.75, 3.05) is 6.54 Å². The van der Waals surface area contributed by atoms with Gasteiger partial charge in [0, 0.05) is 28.6 Å². The molecule has 1 fully saturated rings. The molecular formula is C22H26ClNO3. The molecule has 0 radical (unpaired) electrons. The maximum absolute atomic E-state index is 12.2. The summed E-state index contributed by atoms with van der Waals surface area (Å²) >= 11 is 5.92. The van der Waals surface area contributed by atoms with E-state index in [0.29, 0.717) is 23.6 Å². The van der Waals surface area contributed by atoms with E-state index in [2.05, 4.69) is 11.8 Å². The van der Waals surface area contributed by atoms with Crippen LogP contribution in [-0.4, -0.2) is 34.5 Å². The van der Waals surface area contributed by atoms with Crippen LogP contribution in [0.25, 0.3) is 0 Å². The number of allylic oxidation sites excluding steroid dienone is 1. The topological polar surface area (TPSA) is 57.6 Å². The first-order valence-corrected chi connectivity index (χ1v) is 9.33. The van der Waals surface area contributed by atoms with Crippen LogP contribution in [0.15, 0.2) is 35.9 Å². The third-order valence-corrected chi connectivity index (χ3v) is 5.26. The Hall–Kier alpha value is -2.25. The molecular weight excluding hydrogens is 362 g/mol. The second-order valence-corrected chi connectivity index (χ2v) is 8.93. The van der Waals surface area contributed by atoms with Crippen molar-refractivity contribution in [2.24, 2.45) is 10.8 Å². The minimum Gasteiger partial charge on any atom is -0.465 e. The average molecular weight is 388 g/mol. The maximum Gasteiger partial charge on any atom is 0.407 e. The zero-order valence-corrected chi connectivity index (χ0v) is 17.2. The standard InChI is InChI=1S/C22H26ClNO3/c1-21(2,3)19-22(4,5)16(12-13-24(19)20(26)27)9-7-11-18(25)15-8-6-10-17(23)14-15/h6,8-10,14,19H,12-13H2,1-5H3,(H,26,27)/b16-9+. The Morgan fingerprint density at radius 2 is 2.00 bits per heavy atom. The highest BCUT2D eigenvalue weighted by Crippen LogP contribution is 2.46. The van der Waals surface area contributed by atoms with Crippen LogP contribution in [-0.2, 0) is 0 Å². The van der Waals surface area contributed by atoms with Gasteiger partial charge in [0.2, 0.25) is 5.78 Å². The van der Waals surface area contributed by atoms with Crippen LogP contribution >= 0.6 is 11.6 Å². The molecule has 0 aromatic heterocycles. The van der Waals surface area contributed by atoms with Gasteiger partial charge in [0.1, 0.15) is 0 Å². The second kappa shape index (κ2) is 7.78. The van der Waals surface area contributed by atoms with Gasteiger partial charge in [-0.05, 0) is 36.0 Å². The van der Waals surface area contributed by atoms with Gasteiger partial charge in [-0.3, -0.25) is 4.79 Å². The Labute approximate surface area is 166 Å². The molecule has 1 unspecified atom stereocenters. The van der Waals surface area contributed by atoms with Gasteiger partial charge in [0.15, 0.2) is 0 Å². The SMILES string of the molecule is CC(C)(C)C1N(C(=O)O)CC/C(=C\C#CC(=O)c2cccc(Cl)c2)C1(C)C. The Bertz CT molecular complexity index is 837. The molecule has 0 spiro atoms. The van der Waals surface area contributed by atoms with Gasteiger partial charge in [0.25, 0.3) is 0 Å². The van der Waals surface area contributed by atoms with Crippen molar-refractivity contribution in [3.05, 3.63) is 46.5 Å². The van der Waals surface area contributed by atoms with Crippen LogP contribution in [0.4, 0.5) is 4.79 Å². The van der Waals surface area contributed by atoms with Gasteiger partial charge < -0.3 is 10.0 Å². The molecule has 2 rings (SSSR count). The van der Waals surface area contributed by atoms with E-state index in [1.165, 1.54) is 4.90 Å². The molecule has 1 saturated heterocycles. The van der Waals surface area contributed by atoms with Crippen LogP contribution in [0.3, 0.4) is 0 Å². The zero-order chi connectivity index (χ0) is 20.4. The van der Waals surface area contributed by atoms with Crippen LogP contribution in [0, 0.1) is 22.7 Å². The van der Waals surface area contributed by atoms with Crippen molar-refractivity contribution in [3.8, 4) is 11.8 Å². The van der Waals surface area contributed by atoms with E-state index in [0.717, 1.165) is 5.57 Å². The summed E-state index contributed by atoms with van der Waals surface area (Å²) in [6.45, 7) is 10.7. The number of Topliss-reactive ketones (excluding diaryl/α,β-unsaturated/α-hetero) is 1. The number of halogens is 1. The summed E-state index contributed by atoms with van der Waals surface area (Å²) in [5.74, 6) is 5.23. The van der Waals surface area contributed by atoms with Crippen LogP contribution in [0.5, 0.6) is 0 Å². The molecule has 1 N–H and O–H groups in total. The van der Waals surface area contributed by atoms with Crippen molar-refractivity contribution >= 4 is 23.5 Å². The van der Waals surface area contributed by atoms with Gasteiger partial charge in [0.05, 0.1) is 0 Å². The molecule has 1 aromatic rings. The molecule has 0 aliphatic carbocycles. The summed E-state index contributed by atoms with van der Waals surface area (Å²) in [6, 6.07) is 6.51. The number of ketones is 1. The van der Waals surface area contributed by atoms with Gasteiger partial charge in [-0.15, -0.1) is 0 Å². The number of nitrogens with zero attached hydrogens (tertiary/aromatic N) is 1. The number of rotatable bonds is 1. The Balaban J connectivity index is 2.31. The first-order valence-electron chi connectivity index (χ1n) is 8.95. The highest BCUT2D eigenvalue weighted by atomic mass is 35.5. The third-order valence-electron chi connectivity index (χ3n) is 5.03. The number of likely N-dealkylation sites (tertiary alicyclic amines) is 1. The van der Waals surface area contributed by atoms with Gasteiger partial charge >= 0.3 is 6.09 Å². The minimum atomic E-state index is -0.899. The fourth-order valence-electron chi connectivity index (χ4n) is 4.16. The molecule has 1 aromatic carbocycles. The molecule has 27 heavy (non-hydrogen) atoms. The Morgan fingerprint density at radius 1 is 1.33 bits per heavy atom. The molecule has 1 aliphatic rings. The molecule has 4 nitrogen and oxygen atoms in total. The van der Waals surface area contributed by atoms with Crippen molar-refractivity contribution in [1.29, 1.82) is 0 Å². The summed E-state index contributed by atoms with van der Waals surface area (Å²) in [7, 11) is 0. The number of hydrogen-bond donors (Lipinski definition) is 1. The zero-order valence-electron chi connectivity index (χ0n) is 16.5. The summed E-state index contributed by atoms with van der Waals surface area (Å²) in [6.07, 6.45) is 1.48. The monoisotopic (exact) mass is 387 g/mol. The molecule has 0 saturated carbocycles. The van der Waals surface area contributed by atoms with Crippen LogP contribution < -0.4 is 0 Å². The number of benzene rings is 1. The van der Waals surface area contributed by atoms with E-state index in [4.69, 9.17) is 11.6 Å². The Kier molecular flexibility index (Phi) is 6.07. The van der Waals surface area contributed by atoms with E-state index >= 15 is 0 Å². The maximum atomic E-state index is 12.2. The number of carbonyl (C=O) groups excluding carboxylic acids is 1. The molecule has 1 amide bonds. The van der Waals surface area contributed by atoms with Crippen LogP contribution in [0.1, 0.15) is 51.4 Å². The molecule has 144 valence electrons. The summed E-state index contributed by atoms with van der Waals surface area (Å²) < 4.78 is 0. The fraction of sp³-hybridized carbons (Fsp3) is 0.455. The van der Waals surface area contributed by atoms with E-state index in [-0.39, 0.29) is 22.7 Å². The van der Waals surface area contributed by atoms with Crippen molar-refractivity contribution < 1.29 is 14.7 Å². The average Bonchev–Trinajstić information content (AvgIpc) is 2.54. The largest absolute Gasteiger partial charge is 0.465 e. The molecule has 1 atom stereocenters. The summed E-state index contributed by atoms with van der Waals surface area (Å²) in [5, 5.41) is 10.1. The fourth-order valence-corrected chi connectivity index (χ4v) is 4.35. The predicted octanol–water partition coefficient (Wildman–Crippen LogP) is 5.28. The summed E-state index contributed by atoms with van der Waals surface area (Å²) in [5.41, 5.74) is 0.904. The lowest BCUT2D eigenvalue weighted by atomic mass is 9.63. The third kappa shape index (κ3) is 4.73. The first-order chi connectivity index (χ1) is 12.4. The van der Waals surface area contributed by atoms with E-state index in [1.54, 1.807) is 30.3 Å². The van der Waals surface area contributed by atoms with Gasteiger partial charge in [-0.2, -0.15) is 0 Å². The lowest BCUT2D eigenvalue weighted by Crippen LogP contribution is -2.58. The second-order valence-electron chi connectivity index (χ2n) is 8.49. The number of carbonyl (C=O) groups is 2. The van der Waals surface area contributed by atoms with Gasteiger partial charge in [-0.25, -0.2) is 4.79 Å². The number of carboxylic acid groups (broad SMARTS) is 1. The Morgan fingerprint density at radius 3 is 2.56 bits per heavy atom. The van der Waals surface area contributed by atoms with Crippen LogP contribution in [0.2, 0.25) is 5.02 Å². The van der Waals surface area contributed by atoms with Crippen molar-refractivity contribution in [3.63, 3.8) is 0 Å². The van der Waals surface area contributed by atoms with Crippen molar-refractivity contribution in [1.82, 2.24) is 4.90 Å². The lowest BCUT2D eigenvalue weighted by molar-refractivity contribution is 0.0110. The highest BCUT2D eigenvalue weighted by Gasteiger charge is 2.48. The number of piperidine rings is 1. The molecule has 1 aliphatic heterocycles. The van der Waals surface area contributed by atoms with E-state index in [1.807, 2.05) is 34.6 Å². The van der Waals surface area contributed by atoms with E-state index < -0.39 is 6.09 Å². The minimum absolute atomic E-state index is 0.187. The highest BCUT2D eigenvalue weighted by molar-refractivity contribution is 6.31.